The molecule has 78 valence electrons. The predicted molar refractivity (Wildman–Crippen MR) is 58.5 cm³/mol. The Hall–Kier alpha value is -0.500. The van der Waals surface area contributed by atoms with Gasteiger partial charge in [0, 0.05) is 31.2 Å². The number of halogens is 1. The Labute approximate surface area is 90.3 Å². The summed E-state index contributed by atoms with van der Waals surface area (Å²) < 4.78 is 2.10. The van der Waals surface area contributed by atoms with Crippen molar-refractivity contribution in [3.63, 3.8) is 0 Å². The Bertz CT molecular complexity index is 295. The molecule has 1 aromatic heterocycles. The van der Waals surface area contributed by atoms with E-state index in [4.69, 9.17) is 11.6 Å². The summed E-state index contributed by atoms with van der Waals surface area (Å²) in [5.74, 6) is 1.90. The highest BCUT2D eigenvalue weighted by Crippen LogP contribution is 2.33. The smallest absolute Gasteiger partial charge is 0.108 e. The van der Waals surface area contributed by atoms with Gasteiger partial charge in [-0.1, -0.05) is 6.42 Å². The molecule has 0 radical (unpaired) electrons. The van der Waals surface area contributed by atoms with E-state index in [1.54, 1.807) is 0 Å². The third-order valence-electron chi connectivity index (χ3n) is 3.23. The summed E-state index contributed by atoms with van der Waals surface area (Å²) in [6.07, 6.45) is 9.94. The molecule has 0 N–H and O–H groups in total. The van der Waals surface area contributed by atoms with Crippen LogP contribution < -0.4 is 0 Å². The molecule has 0 aliphatic heterocycles. The summed E-state index contributed by atoms with van der Waals surface area (Å²) in [7, 11) is 2.05. The molecule has 1 heterocycles. The summed E-state index contributed by atoms with van der Waals surface area (Å²) >= 11 is 6.23. The van der Waals surface area contributed by atoms with Gasteiger partial charge in [0.1, 0.15) is 5.82 Å². The molecule has 3 heteroatoms. The highest BCUT2D eigenvalue weighted by atomic mass is 35.5. The van der Waals surface area contributed by atoms with Crippen LogP contribution in [-0.4, -0.2) is 14.9 Å². The van der Waals surface area contributed by atoms with Crippen molar-refractivity contribution in [1.82, 2.24) is 9.55 Å². The molecule has 1 fully saturated rings. The van der Waals surface area contributed by atoms with Gasteiger partial charge in [0.2, 0.25) is 0 Å². The molecule has 1 aliphatic rings. The van der Waals surface area contributed by atoms with Crippen LogP contribution in [0.15, 0.2) is 12.4 Å². The van der Waals surface area contributed by atoms with Crippen LogP contribution >= 0.6 is 11.6 Å². The Balaban J connectivity index is 1.85. The van der Waals surface area contributed by atoms with Crippen molar-refractivity contribution in [3.8, 4) is 0 Å². The van der Waals surface area contributed by atoms with Gasteiger partial charge >= 0.3 is 0 Å². The topological polar surface area (TPSA) is 17.8 Å². The Morgan fingerprint density at radius 3 is 3.00 bits per heavy atom. The maximum Gasteiger partial charge on any atom is 0.108 e. The first-order chi connectivity index (χ1) is 6.77. The molecular weight excluding hydrogens is 196 g/mol. The SMILES string of the molecule is Cn1ccnc1CCC1CCCC1Cl. The van der Waals surface area contributed by atoms with Crippen molar-refractivity contribution >= 4 is 11.6 Å². The van der Waals surface area contributed by atoms with E-state index in [2.05, 4.69) is 16.6 Å². The van der Waals surface area contributed by atoms with E-state index in [0.29, 0.717) is 11.3 Å². The first-order valence-electron chi connectivity index (χ1n) is 5.37. The first-order valence-corrected chi connectivity index (χ1v) is 5.81. The van der Waals surface area contributed by atoms with Gasteiger partial charge in [-0.25, -0.2) is 4.98 Å². The van der Waals surface area contributed by atoms with E-state index in [9.17, 15) is 0 Å². The number of alkyl halides is 1. The Morgan fingerprint density at radius 1 is 1.57 bits per heavy atom. The molecule has 0 saturated heterocycles. The molecular formula is C11H17ClN2. The lowest BCUT2D eigenvalue weighted by molar-refractivity contribution is 0.498. The number of aryl methyl sites for hydroxylation is 2. The van der Waals surface area contributed by atoms with E-state index < -0.39 is 0 Å². The minimum Gasteiger partial charge on any atom is -0.338 e. The van der Waals surface area contributed by atoms with Crippen LogP contribution in [0.4, 0.5) is 0 Å². The average Bonchev–Trinajstić information content (AvgIpc) is 2.72. The van der Waals surface area contributed by atoms with Gasteiger partial charge < -0.3 is 4.57 Å². The third kappa shape index (κ3) is 2.11. The Kier molecular flexibility index (Phi) is 3.12. The molecule has 2 unspecified atom stereocenters. The zero-order chi connectivity index (χ0) is 9.97. The van der Waals surface area contributed by atoms with Crippen molar-refractivity contribution in [2.24, 2.45) is 13.0 Å². The van der Waals surface area contributed by atoms with Gasteiger partial charge in [-0.05, 0) is 25.2 Å². The molecule has 0 amide bonds. The lowest BCUT2D eigenvalue weighted by Crippen LogP contribution is -2.09. The van der Waals surface area contributed by atoms with Crippen molar-refractivity contribution in [1.29, 1.82) is 0 Å². The summed E-state index contributed by atoms with van der Waals surface area (Å²) in [6.45, 7) is 0. The average molecular weight is 213 g/mol. The number of imidazole rings is 1. The first kappa shape index (κ1) is 10.0. The fraction of sp³-hybridized carbons (Fsp3) is 0.727. The van der Waals surface area contributed by atoms with Crippen LogP contribution in [0.3, 0.4) is 0 Å². The quantitative estimate of drug-likeness (QED) is 0.705. The summed E-state index contributed by atoms with van der Waals surface area (Å²) in [5.41, 5.74) is 0. The fourth-order valence-electron chi connectivity index (χ4n) is 2.27. The predicted octanol–water partition coefficient (Wildman–Crippen LogP) is 2.76. The van der Waals surface area contributed by atoms with Crippen LogP contribution in [-0.2, 0) is 13.5 Å². The van der Waals surface area contributed by atoms with E-state index in [-0.39, 0.29) is 0 Å². The van der Waals surface area contributed by atoms with Crippen LogP contribution in [0.5, 0.6) is 0 Å². The molecule has 2 rings (SSSR count). The number of aromatic nitrogens is 2. The van der Waals surface area contributed by atoms with Crippen molar-refractivity contribution in [2.45, 2.75) is 37.5 Å². The molecule has 14 heavy (non-hydrogen) atoms. The molecule has 0 spiro atoms. The maximum atomic E-state index is 6.23. The fourth-order valence-corrected chi connectivity index (χ4v) is 2.67. The second-order valence-corrected chi connectivity index (χ2v) is 4.76. The van der Waals surface area contributed by atoms with Gasteiger partial charge in [-0.2, -0.15) is 0 Å². The van der Waals surface area contributed by atoms with E-state index >= 15 is 0 Å². The van der Waals surface area contributed by atoms with Gasteiger partial charge in [-0.15, -0.1) is 11.6 Å². The maximum absolute atomic E-state index is 6.23. The summed E-state index contributed by atoms with van der Waals surface area (Å²) in [6, 6.07) is 0. The van der Waals surface area contributed by atoms with Crippen molar-refractivity contribution in [3.05, 3.63) is 18.2 Å². The second kappa shape index (κ2) is 4.35. The van der Waals surface area contributed by atoms with Gasteiger partial charge in [0.15, 0.2) is 0 Å². The molecule has 2 nitrogen and oxygen atoms in total. The van der Waals surface area contributed by atoms with Crippen LogP contribution in [0.25, 0.3) is 0 Å². The van der Waals surface area contributed by atoms with Crippen LogP contribution in [0.2, 0.25) is 0 Å². The minimum atomic E-state index is 0.412. The number of hydrogen-bond acceptors (Lipinski definition) is 1. The summed E-state index contributed by atoms with van der Waals surface area (Å²) in [4.78, 5) is 4.32. The molecule has 2 atom stereocenters. The third-order valence-corrected chi connectivity index (χ3v) is 3.80. The lowest BCUT2D eigenvalue weighted by Gasteiger charge is -2.12. The molecule has 1 saturated carbocycles. The number of rotatable bonds is 3. The molecule has 1 aromatic rings. The highest BCUT2D eigenvalue weighted by Gasteiger charge is 2.24. The van der Waals surface area contributed by atoms with Crippen LogP contribution in [0, 0.1) is 5.92 Å². The minimum absolute atomic E-state index is 0.412. The van der Waals surface area contributed by atoms with Gasteiger partial charge in [-0.3, -0.25) is 0 Å². The van der Waals surface area contributed by atoms with Crippen molar-refractivity contribution in [2.75, 3.05) is 0 Å². The van der Waals surface area contributed by atoms with Crippen LogP contribution in [0.1, 0.15) is 31.5 Å². The van der Waals surface area contributed by atoms with E-state index in [0.717, 1.165) is 6.42 Å². The standard InChI is InChI=1S/C11H17ClN2/c1-14-8-7-13-11(14)6-5-9-3-2-4-10(9)12/h7-10H,2-6H2,1H3. The lowest BCUT2D eigenvalue weighted by atomic mass is 10.0. The van der Waals surface area contributed by atoms with Gasteiger partial charge in [0.25, 0.3) is 0 Å². The summed E-state index contributed by atoms with van der Waals surface area (Å²) in [5, 5.41) is 0.412. The monoisotopic (exact) mass is 212 g/mol. The normalized spacial score (nSPS) is 27.0. The number of nitrogens with zero attached hydrogens (tertiary/aromatic N) is 2. The zero-order valence-corrected chi connectivity index (χ0v) is 9.37. The van der Waals surface area contributed by atoms with E-state index in [1.807, 2.05) is 12.4 Å². The number of hydrogen-bond donors (Lipinski definition) is 0. The van der Waals surface area contributed by atoms with Crippen molar-refractivity contribution < 1.29 is 0 Å². The molecule has 1 aliphatic carbocycles. The highest BCUT2D eigenvalue weighted by molar-refractivity contribution is 6.20. The molecule has 0 aromatic carbocycles. The van der Waals surface area contributed by atoms with E-state index in [1.165, 1.54) is 31.5 Å². The zero-order valence-electron chi connectivity index (χ0n) is 8.62. The Morgan fingerprint density at radius 2 is 2.43 bits per heavy atom. The largest absolute Gasteiger partial charge is 0.338 e. The molecule has 0 bridgehead atoms. The second-order valence-electron chi connectivity index (χ2n) is 4.20. The van der Waals surface area contributed by atoms with Gasteiger partial charge in [0.05, 0.1) is 0 Å².